The Morgan fingerprint density at radius 3 is 2.88 bits per heavy atom. The maximum Gasteiger partial charge on any atom is 0.363 e. The molecule has 8 nitrogen and oxygen atoms in total. The first-order chi connectivity index (χ1) is 12.1. The Balaban J connectivity index is 1.79. The van der Waals surface area contributed by atoms with Gasteiger partial charge in [-0.15, -0.1) is 5.10 Å². The summed E-state index contributed by atoms with van der Waals surface area (Å²) in [7, 11) is 5.78. The van der Waals surface area contributed by atoms with Crippen LogP contribution in [0, 0.1) is 0 Å². The van der Waals surface area contributed by atoms with Gasteiger partial charge in [-0.1, -0.05) is 18.2 Å². The average Bonchev–Trinajstić information content (AvgIpc) is 2.58. The van der Waals surface area contributed by atoms with Crippen molar-refractivity contribution in [2.45, 2.75) is 6.54 Å². The predicted molar refractivity (Wildman–Crippen MR) is 99.2 cm³/mol. The van der Waals surface area contributed by atoms with Gasteiger partial charge in [0.2, 0.25) is 0 Å². The molecule has 1 heterocycles. The number of ether oxygens (including phenoxy) is 1. The van der Waals surface area contributed by atoms with Crippen LogP contribution in [-0.2, 0) is 6.54 Å². The highest BCUT2D eigenvalue weighted by Crippen LogP contribution is 2.14. The quantitative estimate of drug-likeness (QED) is 0.590. The van der Waals surface area contributed by atoms with E-state index in [2.05, 4.69) is 36.8 Å². The predicted octanol–water partition coefficient (Wildman–Crippen LogP) is 1.32. The van der Waals surface area contributed by atoms with Gasteiger partial charge < -0.3 is 20.3 Å². The molecule has 0 spiro atoms. The van der Waals surface area contributed by atoms with Crippen molar-refractivity contribution >= 4 is 11.6 Å². The summed E-state index contributed by atoms with van der Waals surface area (Å²) >= 11 is 0. The van der Waals surface area contributed by atoms with Gasteiger partial charge in [-0.3, -0.25) is 0 Å². The summed E-state index contributed by atoms with van der Waals surface area (Å²) in [4.78, 5) is 17.1. The standard InChI is InChI=1S/C17H24N6O2/c1-18-15-16(20-17(24)22-21-15)19-9-4-5-10-25-14-8-6-7-13(11-14)12-23(2)3/h4-8,11H,9-10,12H2,1-3H3,(H,18,21)(H2,19,20,22,24). The van der Waals surface area contributed by atoms with Crippen molar-refractivity contribution in [2.75, 3.05) is 44.9 Å². The van der Waals surface area contributed by atoms with Crippen molar-refractivity contribution in [3.8, 4) is 5.75 Å². The van der Waals surface area contributed by atoms with Crippen LogP contribution in [-0.4, -0.2) is 54.4 Å². The fourth-order valence-corrected chi connectivity index (χ4v) is 2.18. The van der Waals surface area contributed by atoms with Crippen LogP contribution in [0.15, 0.2) is 41.2 Å². The number of aromatic amines is 1. The number of rotatable bonds is 9. The van der Waals surface area contributed by atoms with Crippen LogP contribution in [0.3, 0.4) is 0 Å². The third kappa shape index (κ3) is 6.27. The van der Waals surface area contributed by atoms with Crippen molar-refractivity contribution in [3.63, 3.8) is 0 Å². The van der Waals surface area contributed by atoms with E-state index in [9.17, 15) is 4.79 Å². The Kier molecular flexibility index (Phi) is 6.97. The summed E-state index contributed by atoms with van der Waals surface area (Å²) in [6.45, 7) is 1.85. The van der Waals surface area contributed by atoms with E-state index in [-0.39, 0.29) is 0 Å². The lowest BCUT2D eigenvalue weighted by molar-refractivity contribution is 0.359. The van der Waals surface area contributed by atoms with Crippen molar-refractivity contribution < 1.29 is 4.74 Å². The molecular formula is C17H24N6O2. The minimum Gasteiger partial charge on any atom is -0.490 e. The second-order valence-electron chi connectivity index (χ2n) is 5.64. The van der Waals surface area contributed by atoms with E-state index in [4.69, 9.17) is 4.74 Å². The lowest BCUT2D eigenvalue weighted by Gasteiger charge is -2.11. The average molecular weight is 344 g/mol. The van der Waals surface area contributed by atoms with E-state index in [1.807, 2.05) is 44.4 Å². The highest BCUT2D eigenvalue weighted by atomic mass is 16.5. The highest BCUT2D eigenvalue weighted by Gasteiger charge is 2.03. The van der Waals surface area contributed by atoms with Crippen LogP contribution < -0.4 is 21.1 Å². The number of aromatic nitrogens is 3. The lowest BCUT2D eigenvalue weighted by Crippen LogP contribution is -2.17. The Morgan fingerprint density at radius 1 is 1.28 bits per heavy atom. The zero-order valence-electron chi connectivity index (χ0n) is 14.7. The number of hydrogen-bond acceptors (Lipinski definition) is 7. The summed E-state index contributed by atoms with van der Waals surface area (Å²) in [5, 5.41) is 12.0. The minimum absolute atomic E-state index is 0.410. The SMILES string of the molecule is CNc1n[nH]c(=O)nc1NCC=CCOc1cccc(CN(C)C)c1. The van der Waals surface area contributed by atoms with Gasteiger partial charge in [0.15, 0.2) is 11.6 Å². The zero-order valence-corrected chi connectivity index (χ0v) is 14.7. The molecule has 0 saturated carbocycles. The van der Waals surface area contributed by atoms with Gasteiger partial charge in [0.1, 0.15) is 12.4 Å². The maximum atomic E-state index is 11.2. The van der Waals surface area contributed by atoms with Crippen molar-refractivity contribution in [3.05, 3.63) is 52.5 Å². The van der Waals surface area contributed by atoms with Crippen molar-refractivity contribution in [1.29, 1.82) is 0 Å². The van der Waals surface area contributed by atoms with Gasteiger partial charge in [0, 0.05) is 20.1 Å². The fourth-order valence-electron chi connectivity index (χ4n) is 2.18. The topological polar surface area (TPSA) is 95.2 Å². The summed E-state index contributed by atoms with van der Waals surface area (Å²) in [5.74, 6) is 1.74. The summed E-state index contributed by atoms with van der Waals surface area (Å²) in [6, 6.07) is 8.05. The minimum atomic E-state index is -0.494. The van der Waals surface area contributed by atoms with Crippen LogP contribution in [0.4, 0.5) is 11.6 Å². The third-order valence-corrected chi connectivity index (χ3v) is 3.24. The monoisotopic (exact) mass is 344 g/mol. The Hall–Kier alpha value is -2.87. The summed E-state index contributed by atoms with van der Waals surface area (Å²) < 4.78 is 5.72. The smallest absolute Gasteiger partial charge is 0.363 e. The van der Waals surface area contributed by atoms with Crippen LogP contribution in [0.1, 0.15) is 5.56 Å². The molecule has 0 aliphatic heterocycles. The second-order valence-corrected chi connectivity index (χ2v) is 5.64. The van der Waals surface area contributed by atoms with E-state index in [0.717, 1.165) is 12.3 Å². The molecule has 0 aliphatic carbocycles. The van der Waals surface area contributed by atoms with E-state index in [1.165, 1.54) is 5.56 Å². The molecule has 0 radical (unpaired) electrons. The molecule has 8 heteroatoms. The van der Waals surface area contributed by atoms with E-state index in [1.54, 1.807) is 7.05 Å². The van der Waals surface area contributed by atoms with Gasteiger partial charge in [-0.2, -0.15) is 4.98 Å². The van der Waals surface area contributed by atoms with E-state index < -0.39 is 5.69 Å². The molecule has 3 N–H and O–H groups in total. The van der Waals surface area contributed by atoms with Crippen LogP contribution in [0.5, 0.6) is 5.75 Å². The summed E-state index contributed by atoms with van der Waals surface area (Å²) in [5.41, 5.74) is 0.715. The molecule has 0 saturated heterocycles. The largest absolute Gasteiger partial charge is 0.490 e. The molecule has 0 amide bonds. The normalized spacial score (nSPS) is 11.0. The van der Waals surface area contributed by atoms with Crippen LogP contribution >= 0.6 is 0 Å². The fraction of sp³-hybridized carbons (Fsp3) is 0.353. The van der Waals surface area contributed by atoms with E-state index >= 15 is 0 Å². The molecule has 0 atom stereocenters. The highest BCUT2D eigenvalue weighted by molar-refractivity contribution is 5.57. The number of anilines is 2. The van der Waals surface area contributed by atoms with Gasteiger partial charge in [0.25, 0.3) is 0 Å². The molecule has 1 aromatic carbocycles. The summed E-state index contributed by atoms with van der Waals surface area (Å²) in [6.07, 6.45) is 3.82. The number of benzene rings is 1. The molecule has 2 aromatic rings. The third-order valence-electron chi connectivity index (χ3n) is 3.24. The second kappa shape index (κ2) is 9.43. The number of hydrogen-bond donors (Lipinski definition) is 3. The molecule has 0 fully saturated rings. The molecule has 25 heavy (non-hydrogen) atoms. The molecule has 2 rings (SSSR count). The number of nitrogens with one attached hydrogen (secondary N) is 3. The molecule has 0 unspecified atom stereocenters. The molecule has 134 valence electrons. The molecule has 0 aliphatic rings. The molecular weight excluding hydrogens is 320 g/mol. The van der Waals surface area contributed by atoms with Crippen molar-refractivity contribution in [1.82, 2.24) is 20.1 Å². The number of nitrogens with zero attached hydrogens (tertiary/aromatic N) is 3. The Labute approximate surface area is 146 Å². The van der Waals surface area contributed by atoms with E-state index in [0.29, 0.717) is 24.8 Å². The first-order valence-corrected chi connectivity index (χ1v) is 7.98. The van der Waals surface area contributed by atoms with Crippen LogP contribution in [0.25, 0.3) is 0 Å². The number of H-pyrrole nitrogens is 1. The molecule has 1 aromatic heterocycles. The first-order valence-electron chi connectivity index (χ1n) is 7.98. The van der Waals surface area contributed by atoms with Crippen molar-refractivity contribution in [2.24, 2.45) is 0 Å². The van der Waals surface area contributed by atoms with Gasteiger partial charge in [-0.05, 0) is 37.9 Å². The maximum absolute atomic E-state index is 11.2. The Bertz CT molecular complexity index is 757. The van der Waals surface area contributed by atoms with Gasteiger partial charge in [0.05, 0.1) is 0 Å². The van der Waals surface area contributed by atoms with Crippen LogP contribution in [0.2, 0.25) is 0 Å². The first kappa shape index (κ1) is 18.5. The lowest BCUT2D eigenvalue weighted by atomic mass is 10.2. The molecule has 0 bridgehead atoms. The van der Waals surface area contributed by atoms with Gasteiger partial charge >= 0.3 is 5.69 Å². The van der Waals surface area contributed by atoms with Gasteiger partial charge in [-0.25, -0.2) is 9.89 Å². The Morgan fingerprint density at radius 2 is 2.12 bits per heavy atom. The zero-order chi connectivity index (χ0) is 18.1.